The molecule has 3 nitrogen and oxygen atoms in total. The molecule has 0 radical (unpaired) electrons. The molecule has 3 aromatic carbocycles. The van der Waals surface area contributed by atoms with Gasteiger partial charge in [-0.15, -0.1) is 0 Å². The lowest BCUT2D eigenvalue weighted by molar-refractivity contribution is 0.305. The number of hydrogen-bond acceptors (Lipinski definition) is 3. The van der Waals surface area contributed by atoms with Crippen LogP contribution in [0.3, 0.4) is 0 Å². The zero-order valence-corrected chi connectivity index (χ0v) is 15.4. The van der Waals surface area contributed by atoms with Crippen LogP contribution in [0.15, 0.2) is 82.0 Å². The van der Waals surface area contributed by atoms with Crippen LogP contribution >= 0.6 is 0 Å². The monoisotopic (exact) mass is 356 g/mol. The van der Waals surface area contributed by atoms with Gasteiger partial charge in [0, 0.05) is 5.39 Å². The van der Waals surface area contributed by atoms with Crippen LogP contribution in [0.1, 0.15) is 16.7 Å². The third-order valence-electron chi connectivity index (χ3n) is 4.85. The van der Waals surface area contributed by atoms with E-state index in [1.807, 2.05) is 61.5 Å². The lowest BCUT2D eigenvalue weighted by atomic mass is 9.99. The molecule has 0 N–H and O–H groups in total. The molecule has 4 aromatic rings. The first-order valence-electron chi connectivity index (χ1n) is 8.93. The minimum atomic E-state index is -0.320. The summed E-state index contributed by atoms with van der Waals surface area (Å²) in [4.78, 5) is 12.5. The minimum Gasteiger partial charge on any atom is -0.489 e. The zero-order chi connectivity index (χ0) is 18.8. The smallest absolute Gasteiger partial charge is 0.344 e. The Bertz CT molecular complexity index is 1160. The summed E-state index contributed by atoms with van der Waals surface area (Å²) in [5.41, 5.74) is 4.95. The maximum atomic E-state index is 12.5. The summed E-state index contributed by atoms with van der Waals surface area (Å²) in [6, 6.07) is 23.3. The number of aryl methyl sites for hydroxylation is 2. The van der Waals surface area contributed by atoms with E-state index in [4.69, 9.17) is 9.15 Å². The lowest BCUT2D eigenvalue weighted by Gasteiger charge is -2.11. The maximum Gasteiger partial charge on any atom is 0.344 e. The van der Waals surface area contributed by atoms with Gasteiger partial charge in [-0.2, -0.15) is 0 Å². The summed E-state index contributed by atoms with van der Waals surface area (Å²) in [5.74, 6) is 0.752. The summed E-state index contributed by atoms with van der Waals surface area (Å²) >= 11 is 0. The van der Waals surface area contributed by atoms with E-state index in [0.717, 1.165) is 27.8 Å². The zero-order valence-electron chi connectivity index (χ0n) is 15.4. The molecule has 0 aliphatic heterocycles. The first-order chi connectivity index (χ1) is 13.1. The Hall–Kier alpha value is -3.33. The summed E-state index contributed by atoms with van der Waals surface area (Å²) in [7, 11) is 0. The Morgan fingerprint density at radius 2 is 1.63 bits per heavy atom. The van der Waals surface area contributed by atoms with Crippen molar-refractivity contribution in [1.82, 2.24) is 0 Å². The highest BCUT2D eigenvalue weighted by Gasteiger charge is 2.14. The number of rotatable bonds is 4. The van der Waals surface area contributed by atoms with Gasteiger partial charge in [-0.1, -0.05) is 54.6 Å². The van der Waals surface area contributed by atoms with Gasteiger partial charge in [-0.05, 0) is 54.3 Å². The predicted octanol–water partition coefficient (Wildman–Crippen LogP) is 5.66. The van der Waals surface area contributed by atoms with Gasteiger partial charge in [0.05, 0.1) is 5.56 Å². The van der Waals surface area contributed by atoms with Crippen LogP contribution in [0.25, 0.3) is 22.1 Å². The first-order valence-corrected chi connectivity index (χ1v) is 8.93. The second-order valence-electron chi connectivity index (χ2n) is 6.63. The van der Waals surface area contributed by atoms with Crippen molar-refractivity contribution in [2.75, 3.05) is 0 Å². The van der Waals surface area contributed by atoms with E-state index in [1.54, 1.807) is 6.07 Å². The summed E-state index contributed by atoms with van der Waals surface area (Å²) in [5, 5.41) is 0.885. The Balaban J connectivity index is 1.73. The van der Waals surface area contributed by atoms with Crippen LogP contribution in [0, 0.1) is 13.8 Å². The molecule has 27 heavy (non-hydrogen) atoms. The minimum absolute atomic E-state index is 0.320. The first kappa shape index (κ1) is 17.1. The Kier molecular flexibility index (Phi) is 4.51. The number of fused-ring (bicyclic) bond motifs is 1. The quantitative estimate of drug-likeness (QED) is 0.443. The fourth-order valence-electron chi connectivity index (χ4n) is 3.29. The molecule has 1 heterocycles. The van der Waals surface area contributed by atoms with Crippen molar-refractivity contribution in [1.29, 1.82) is 0 Å². The molecule has 0 amide bonds. The molecule has 0 aliphatic rings. The molecule has 0 saturated heterocycles. The van der Waals surface area contributed by atoms with Gasteiger partial charge in [0.2, 0.25) is 0 Å². The lowest BCUT2D eigenvalue weighted by Crippen LogP contribution is -2.06. The van der Waals surface area contributed by atoms with Crippen molar-refractivity contribution in [3.05, 3.63) is 99.9 Å². The van der Waals surface area contributed by atoms with Crippen LogP contribution in [0.2, 0.25) is 0 Å². The molecule has 0 saturated carbocycles. The summed E-state index contributed by atoms with van der Waals surface area (Å²) < 4.78 is 11.5. The summed E-state index contributed by atoms with van der Waals surface area (Å²) in [6.07, 6.45) is 0. The number of ether oxygens (including phenoxy) is 1. The normalized spacial score (nSPS) is 10.9. The van der Waals surface area contributed by atoms with Gasteiger partial charge in [0.15, 0.2) is 0 Å². The average molecular weight is 356 g/mol. The topological polar surface area (TPSA) is 39.4 Å². The third kappa shape index (κ3) is 3.36. The Morgan fingerprint density at radius 3 is 2.41 bits per heavy atom. The third-order valence-corrected chi connectivity index (χ3v) is 4.85. The molecule has 4 rings (SSSR count). The standard InChI is InChI=1S/C24H20O3/c1-16-8-6-7-11-19(16)15-26-20-12-13-22-21(14-20)17(2)23(24(25)27-22)18-9-4-3-5-10-18/h3-14H,15H2,1-2H3. The average Bonchev–Trinajstić information content (AvgIpc) is 2.68. The van der Waals surface area contributed by atoms with E-state index in [2.05, 4.69) is 19.1 Å². The molecule has 1 aromatic heterocycles. The van der Waals surface area contributed by atoms with Crippen LogP contribution in [-0.4, -0.2) is 0 Å². The van der Waals surface area contributed by atoms with Crippen LogP contribution in [0.4, 0.5) is 0 Å². The van der Waals surface area contributed by atoms with E-state index < -0.39 is 0 Å². The van der Waals surface area contributed by atoms with Crippen LogP contribution in [0.5, 0.6) is 5.75 Å². The van der Waals surface area contributed by atoms with Crippen molar-refractivity contribution in [3.63, 3.8) is 0 Å². The van der Waals surface area contributed by atoms with Crippen molar-refractivity contribution < 1.29 is 9.15 Å². The van der Waals surface area contributed by atoms with Gasteiger partial charge < -0.3 is 9.15 Å². The molecule has 0 unspecified atom stereocenters. The van der Waals surface area contributed by atoms with Gasteiger partial charge in [0.1, 0.15) is 17.9 Å². The highest BCUT2D eigenvalue weighted by molar-refractivity contribution is 5.87. The van der Waals surface area contributed by atoms with Crippen LogP contribution in [-0.2, 0) is 6.61 Å². The number of benzene rings is 3. The molecule has 3 heteroatoms. The SMILES string of the molecule is Cc1ccccc1COc1ccc2oc(=O)c(-c3ccccc3)c(C)c2c1. The highest BCUT2D eigenvalue weighted by Crippen LogP contribution is 2.29. The predicted molar refractivity (Wildman–Crippen MR) is 108 cm³/mol. The molecule has 0 fully saturated rings. The second kappa shape index (κ2) is 7.12. The number of hydrogen-bond donors (Lipinski definition) is 0. The maximum absolute atomic E-state index is 12.5. The molecular formula is C24H20O3. The van der Waals surface area contributed by atoms with E-state index in [9.17, 15) is 4.79 Å². The summed E-state index contributed by atoms with van der Waals surface area (Å²) in [6.45, 7) is 4.52. The van der Waals surface area contributed by atoms with Gasteiger partial charge >= 0.3 is 5.63 Å². The molecule has 0 bridgehead atoms. The fraction of sp³-hybridized carbons (Fsp3) is 0.125. The van der Waals surface area contributed by atoms with Crippen molar-refractivity contribution >= 4 is 11.0 Å². The molecular weight excluding hydrogens is 336 g/mol. The van der Waals surface area contributed by atoms with Crippen molar-refractivity contribution in [2.45, 2.75) is 20.5 Å². The molecule has 0 spiro atoms. The van der Waals surface area contributed by atoms with Crippen LogP contribution < -0.4 is 10.4 Å². The molecule has 0 aliphatic carbocycles. The van der Waals surface area contributed by atoms with Gasteiger partial charge in [0.25, 0.3) is 0 Å². The fourth-order valence-corrected chi connectivity index (χ4v) is 3.29. The second-order valence-corrected chi connectivity index (χ2v) is 6.63. The van der Waals surface area contributed by atoms with Crippen molar-refractivity contribution in [2.24, 2.45) is 0 Å². The van der Waals surface area contributed by atoms with Gasteiger partial charge in [-0.25, -0.2) is 4.79 Å². The van der Waals surface area contributed by atoms with Gasteiger partial charge in [-0.3, -0.25) is 0 Å². The molecule has 0 atom stereocenters. The molecule has 134 valence electrons. The Morgan fingerprint density at radius 1 is 0.889 bits per heavy atom. The van der Waals surface area contributed by atoms with Crippen molar-refractivity contribution in [3.8, 4) is 16.9 Å². The van der Waals surface area contributed by atoms with E-state index in [0.29, 0.717) is 17.8 Å². The highest BCUT2D eigenvalue weighted by atomic mass is 16.5. The van der Waals surface area contributed by atoms with E-state index in [-0.39, 0.29) is 5.63 Å². The largest absolute Gasteiger partial charge is 0.489 e. The van der Waals surface area contributed by atoms with E-state index >= 15 is 0 Å². The Labute approximate surface area is 157 Å². The van der Waals surface area contributed by atoms with E-state index in [1.165, 1.54) is 5.56 Å².